The molecule has 72 valence electrons. The third-order valence-electron chi connectivity index (χ3n) is 1.44. The van der Waals surface area contributed by atoms with E-state index in [1.807, 2.05) is 0 Å². The second-order valence-electron chi connectivity index (χ2n) is 2.39. The number of nitrogens with zero attached hydrogens (tertiary/aromatic N) is 2. The van der Waals surface area contributed by atoms with Gasteiger partial charge in [-0.25, -0.2) is 5.10 Å². The monoisotopic (exact) mass is 256 g/mol. The molecule has 0 aliphatic carbocycles. The highest BCUT2D eigenvalue weighted by molar-refractivity contribution is 9.10. The lowest BCUT2D eigenvalue weighted by atomic mass is 10.4. The van der Waals surface area contributed by atoms with Crippen molar-refractivity contribution in [1.82, 2.24) is 15.2 Å². The Morgan fingerprint density at radius 2 is 2.43 bits per heavy atom. The molecule has 0 spiro atoms. The maximum Gasteiger partial charge on any atom is 0.293 e. The van der Waals surface area contributed by atoms with Crippen LogP contribution in [-0.2, 0) is 0 Å². The van der Waals surface area contributed by atoms with Crippen LogP contribution in [0.25, 0.3) is 0 Å². The van der Waals surface area contributed by atoms with Crippen LogP contribution in [0.15, 0.2) is 27.5 Å². The Labute approximate surface area is 86.8 Å². The number of halogens is 1. The maximum absolute atomic E-state index is 11.4. The van der Waals surface area contributed by atoms with Crippen molar-refractivity contribution in [3.63, 3.8) is 0 Å². The van der Waals surface area contributed by atoms with Crippen molar-refractivity contribution in [2.24, 2.45) is 0 Å². The summed E-state index contributed by atoms with van der Waals surface area (Å²) in [5.74, 6) is 0.100. The van der Waals surface area contributed by atoms with Crippen molar-refractivity contribution in [1.29, 1.82) is 0 Å². The number of nitrogens with one attached hydrogen (secondary N) is 2. The van der Waals surface area contributed by atoms with Crippen LogP contribution in [0.3, 0.4) is 0 Å². The molecule has 0 fully saturated rings. The van der Waals surface area contributed by atoms with E-state index in [1.54, 1.807) is 12.1 Å². The van der Waals surface area contributed by atoms with Gasteiger partial charge in [-0.15, -0.1) is 0 Å². The zero-order chi connectivity index (χ0) is 9.97. The van der Waals surface area contributed by atoms with Gasteiger partial charge < -0.3 is 4.42 Å². The van der Waals surface area contributed by atoms with E-state index in [9.17, 15) is 4.79 Å². The SMILES string of the molecule is O=C(Nc1ncn[nH]1)c1ccc(Br)o1. The maximum atomic E-state index is 11.4. The quantitative estimate of drug-likeness (QED) is 0.851. The first-order valence-electron chi connectivity index (χ1n) is 3.68. The van der Waals surface area contributed by atoms with Gasteiger partial charge in [-0.05, 0) is 28.1 Å². The number of carbonyl (C=O) groups is 1. The molecule has 0 saturated carbocycles. The van der Waals surface area contributed by atoms with Crippen molar-refractivity contribution in [3.05, 3.63) is 28.9 Å². The van der Waals surface area contributed by atoms with E-state index in [1.165, 1.54) is 6.33 Å². The molecule has 0 aliphatic heterocycles. The Kier molecular flexibility index (Phi) is 2.32. The largest absolute Gasteiger partial charge is 0.444 e. The normalized spacial score (nSPS) is 10.1. The van der Waals surface area contributed by atoms with Gasteiger partial charge in [0.15, 0.2) is 10.4 Å². The predicted octanol–water partition coefficient (Wildman–Crippen LogP) is 1.41. The average Bonchev–Trinajstić information content (AvgIpc) is 2.75. The molecule has 0 radical (unpaired) electrons. The molecule has 0 saturated heterocycles. The van der Waals surface area contributed by atoms with Crippen molar-refractivity contribution < 1.29 is 9.21 Å². The Hall–Kier alpha value is -1.63. The number of aromatic nitrogens is 3. The first-order chi connectivity index (χ1) is 6.75. The van der Waals surface area contributed by atoms with Gasteiger partial charge >= 0.3 is 0 Å². The Balaban J connectivity index is 2.10. The fourth-order valence-electron chi connectivity index (χ4n) is 0.871. The number of hydrogen-bond donors (Lipinski definition) is 2. The molecule has 2 N–H and O–H groups in total. The fourth-order valence-corrected chi connectivity index (χ4v) is 1.18. The molecule has 0 atom stereocenters. The van der Waals surface area contributed by atoms with E-state index in [0.29, 0.717) is 4.67 Å². The number of carbonyl (C=O) groups excluding carboxylic acids is 1. The molecule has 7 heteroatoms. The summed E-state index contributed by atoms with van der Waals surface area (Å²) in [6.07, 6.45) is 1.30. The minimum Gasteiger partial charge on any atom is -0.444 e. The van der Waals surface area contributed by atoms with Gasteiger partial charge in [0, 0.05) is 0 Å². The lowest BCUT2D eigenvalue weighted by Gasteiger charge is -1.96. The summed E-state index contributed by atoms with van der Waals surface area (Å²) >= 11 is 3.10. The van der Waals surface area contributed by atoms with E-state index >= 15 is 0 Å². The molecule has 1 amide bonds. The Bertz CT molecular complexity index is 436. The highest BCUT2D eigenvalue weighted by atomic mass is 79.9. The van der Waals surface area contributed by atoms with Crippen LogP contribution < -0.4 is 5.32 Å². The lowest BCUT2D eigenvalue weighted by molar-refractivity contribution is 0.0994. The third-order valence-corrected chi connectivity index (χ3v) is 1.87. The van der Waals surface area contributed by atoms with Crippen molar-refractivity contribution in [2.75, 3.05) is 5.32 Å². The van der Waals surface area contributed by atoms with Gasteiger partial charge in [0.2, 0.25) is 5.95 Å². The van der Waals surface area contributed by atoms with Crippen molar-refractivity contribution >= 4 is 27.8 Å². The Morgan fingerprint density at radius 1 is 1.57 bits per heavy atom. The van der Waals surface area contributed by atoms with E-state index in [0.717, 1.165) is 0 Å². The summed E-state index contributed by atoms with van der Waals surface area (Å²) in [7, 11) is 0. The van der Waals surface area contributed by atoms with Gasteiger partial charge in [-0.2, -0.15) is 10.1 Å². The number of rotatable bonds is 2. The molecule has 6 nitrogen and oxygen atoms in total. The van der Waals surface area contributed by atoms with Gasteiger partial charge in [0.1, 0.15) is 6.33 Å². The zero-order valence-electron chi connectivity index (χ0n) is 6.82. The van der Waals surface area contributed by atoms with E-state index in [-0.39, 0.29) is 17.6 Å². The Morgan fingerprint density at radius 3 is 3.00 bits per heavy atom. The summed E-state index contributed by atoms with van der Waals surface area (Å²) in [6, 6.07) is 3.19. The lowest BCUT2D eigenvalue weighted by Crippen LogP contribution is -2.11. The molecular weight excluding hydrogens is 252 g/mol. The summed E-state index contributed by atoms with van der Waals surface area (Å²) in [5.41, 5.74) is 0. The highest BCUT2D eigenvalue weighted by Crippen LogP contribution is 2.14. The van der Waals surface area contributed by atoms with Crippen LogP contribution in [0, 0.1) is 0 Å². The molecule has 0 aliphatic rings. The second-order valence-corrected chi connectivity index (χ2v) is 3.17. The number of aromatic amines is 1. The molecule has 2 heterocycles. The van der Waals surface area contributed by atoms with Crippen LogP contribution in [-0.4, -0.2) is 21.1 Å². The van der Waals surface area contributed by atoms with Crippen LogP contribution in [0.5, 0.6) is 0 Å². The van der Waals surface area contributed by atoms with E-state index in [4.69, 9.17) is 4.42 Å². The minimum absolute atomic E-state index is 0.202. The first-order valence-corrected chi connectivity index (χ1v) is 4.47. The third kappa shape index (κ3) is 1.82. The molecule has 0 bridgehead atoms. The summed E-state index contributed by atoms with van der Waals surface area (Å²) in [6.45, 7) is 0. The average molecular weight is 257 g/mol. The molecule has 0 unspecified atom stereocenters. The first kappa shape index (κ1) is 8.95. The molecule has 2 rings (SSSR count). The van der Waals surface area contributed by atoms with Gasteiger partial charge in [0.05, 0.1) is 0 Å². The van der Waals surface area contributed by atoms with E-state index in [2.05, 4.69) is 36.4 Å². The van der Waals surface area contributed by atoms with Crippen LogP contribution in [0.2, 0.25) is 0 Å². The molecular formula is C7H5BrN4O2. The predicted molar refractivity (Wildman–Crippen MR) is 50.7 cm³/mol. The second kappa shape index (κ2) is 3.62. The molecule has 2 aromatic rings. The zero-order valence-corrected chi connectivity index (χ0v) is 8.41. The number of furan rings is 1. The van der Waals surface area contributed by atoms with Gasteiger partial charge in [-0.1, -0.05) is 0 Å². The molecule has 14 heavy (non-hydrogen) atoms. The van der Waals surface area contributed by atoms with E-state index < -0.39 is 0 Å². The summed E-state index contributed by atoms with van der Waals surface area (Å²) in [5, 5.41) is 8.55. The van der Waals surface area contributed by atoms with Crippen molar-refractivity contribution in [3.8, 4) is 0 Å². The standard InChI is InChI=1S/C7H5BrN4O2/c8-5-2-1-4(14-5)6(13)11-7-9-3-10-12-7/h1-3H,(H2,9,10,11,12,13). The summed E-state index contributed by atoms with van der Waals surface area (Å²) in [4.78, 5) is 15.1. The highest BCUT2D eigenvalue weighted by Gasteiger charge is 2.11. The molecule has 0 aromatic carbocycles. The van der Waals surface area contributed by atoms with Crippen molar-refractivity contribution in [2.45, 2.75) is 0 Å². The molecule has 2 aromatic heterocycles. The van der Waals surface area contributed by atoms with Crippen LogP contribution >= 0.6 is 15.9 Å². The number of H-pyrrole nitrogens is 1. The fraction of sp³-hybridized carbons (Fsp3) is 0. The summed E-state index contributed by atoms with van der Waals surface area (Å²) < 4.78 is 5.54. The smallest absolute Gasteiger partial charge is 0.293 e. The minimum atomic E-state index is -0.382. The number of hydrogen-bond acceptors (Lipinski definition) is 4. The van der Waals surface area contributed by atoms with Gasteiger partial charge in [0.25, 0.3) is 5.91 Å². The van der Waals surface area contributed by atoms with Crippen LogP contribution in [0.1, 0.15) is 10.6 Å². The number of amides is 1. The van der Waals surface area contributed by atoms with Gasteiger partial charge in [-0.3, -0.25) is 10.1 Å². The topological polar surface area (TPSA) is 83.8 Å². The van der Waals surface area contributed by atoms with Crippen LogP contribution in [0.4, 0.5) is 5.95 Å². The number of anilines is 1.